The molecule has 1 saturated carbocycles. The standard InChI is InChI=1S/C19H24BrNO/c20-16-10-8-15(9-11-16)19-13-12-18(22-19)14-21-17-6-4-2-1-3-5-7-17/h8-13,17,21H,1-7,14H2/p+1. The first-order chi connectivity index (χ1) is 10.8. The lowest BCUT2D eigenvalue weighted by Gasteiger charge is -2.17. The Bertz CT molecular complexity index is 567. The Hall–Kier alpha value is -1.06. The summed E-state index contributed by atoms with van der Waals surface area (Å²) >= 11 is 3.47. The van der Waals surface area contributed by atoms with Gasteiger partial charge in [0.2, 0.25) is 0 Å². The van der Waals surface area contributed by atoms with E-state index in [9.17, 15) is 0 Å². The molecule has 118 valence electrons. The van der Waals surface area contributed by atoms with E-state index in [1.807, 2.05) is 0 Å². The van der Waals surface area contributed by atoms with Gasteiger partial charge in [0.05, 0.1) is 6.04 Å². The van der Waals surface area contributed by atoms with Crippen LogP contribution in [0.25, 0.3) is 11.3 Å². The highest BCUT2D eigenvalue weighted by atomic mass is 79.9. The number of furan rings is 1. The Morgan fingerprint density at radius 1 is 0.909 bits per heavy atom. The zero-order valence-electron chi connectivity index (χ0n) is 13.1. The van der Waals surface area contributed by atoms with E-state index >= 15 is 0 Å². The quantitative estimate of drug-likeness (QED) is 0.824. The van der Waals surface area contributed by atoms with Crippen LogP contribution in [-0.4, -0.2) is 6.04 Å². The van der Waals surface area contributed by atoms with Crippen molar-refractivity contribution in [3.05, 3.63) is 46.6 Å². The van der Waals surface area contributed by atoms with E-state index in [0.717, 1.165) is 34.1 Å². The molecule has 0 unspecified atom stereocenters. The van der Waals surface area contributed by atoms with Crippen LogP contribution in [0.1, 0.15) is 50.7 Å². The summed E-state index contributed by atoms with van der Waals surface area (Å²) in [7, 11) is 0. The van der Waals surface area contributed by atoms with Gasteiger partial charge in [-0.15, -0.1) is 0 Å². The van der Waals surface area contributed by atoms with Crippen molar-refractivity contribution >= 4 is 15.9 Å². The van der Waals surface area contributed by atoms with Crippen LogP contribution in [0, 0.1) is 0 Å². The lowest BCUT2D eigenvalue weighted by molar-refractivity contribution is -0.707. The average molecular weight is 363 g/mol. The molecule has 3 heteroatoms. The van der Waals surface area contributed by atoms with Crippen molar-refractivity contribution in [3.8, 4) is 11.3 Å². The Kier molecular flexibility index (Phi) is 5.74. The summed E-state index contributed by atoms with van der Waals surface area (Å²) in [5.41, 5.74) is 1.14. The Labute approximate surface area is 141 Å². The van der Waals surface area contributed by atoms with Gasteiger partial charge in [-0.2, -0.15) is 0 Å². The molecule has 1 aromatic heterocycles. The number of quaternary nitrogens is 1. The maximum absolute atomic E-state index is 6.01. The molecular weight excluding hydrogens is 338 g/mol. The smallest absolute Gasteiger partial charge is 0.158 e. The van der Waals surface area contributed by atoms with E-state index in [0.29, 0.717) is 0 Å². The molecule has 0 spiro atoms. The van der Waals surface area contributed by atoms with Crippen molar-refractivity contribution in [2.45, 2.75) is 57.5 Å². The molecule has 1 aromatic carbocycles. The molecule has 1 aliphatic rings. The molecule has 3 rings (SSSR count). The van der Waals surface area contributed by atoms with Gasteiger partial charge in [-0.05, 0) is 49.9 Å². The molecule has 0 bridgehead atoms. The lowest BCUT2D eigenvalue weighted by Crippen LogP contribution is -2.88. The van der Waals surface area contributed by atoms with Gasteiger partial charge in [-0.1, -0.05) is 47.3 Å². The minimum atomic E-state index is 0.779. The van der Waals surface area contributed by atoms with Crippen molar-refractivity contribution < 1.29 is 9.73 Å². The third-order valence-electron chi connectivity index (χ3n) is 4.59. The SMILES string of the molecule is Brc1ccc(-c2ccc(C[NH2+]C3CCCCCCC3)o2)cc1. The minimum absolute atomic E-state index is 0.779. The van der Waals surface area contributed by atoms with Crippen LogP contribution in [0.3, 0.4) is 0 Å². The molecular formula is C19H25BrNO+. The fourth-order valence-electron chi connectivity index (χ4n) is 3.26. The zero-order valence-corrected chi connectivity index (χ0v) is 14.6. The van der Waals surface area contributed by atoms with Crippen molar-refractivity contribution in [2.75, 3.05) is 0 Å². The van der Waals surface area contributed by atoms with Gasteiger partial charge in [-0.3, -0.25) is 0 Å². The summed E-state index contributed by atoms with van der Waals surface area (Å²) in [4.78, 5) is 0. The fraction of sp³-hybridized carbons (Fsp3) is 0.474. The van der Waals surface area contributed by atoms with Crippen LogP contribution >= 0.6 is 15.9 Å². The molecule has 2 N–H and O–H groups in total. The van der Waals surface area contributed by atoms with E-state index in [1.165, 1.54) is 44.9 Å². The third kappa shape index (κ3) is 4.47. The van der Waals surface area contributed by atoms with Crippen molar-refractivity contribution in [1.29, 1.82) is 0 Å². The molecule has 1 heterocycles. The molecule has 22 heavy (non-hydrogen) atoms. The summed E-state index contributed by atoms with van der Waals surface area (Å²) in [6, 6.07) is 13.3. The van der Waals surface area contributed by atoms with Gasteiger partial charge in [0.15, 0.2) is 5.76 Å². The summed E-state index contributed by atoms with van der Waals surface area (Å²) in [6.45, 7) is 0.960. The number of hydrogen-bond donors (Lipinski definition) is 1. The first-order valence-electron chi connectivity index (χ1n) is 8.49. The van der Waals surface area contributed by atoms with Crippen LogP contribution in [-0.2, 0) is 6.54 Å². The highest BCUT2D eigenvalue weighted by Crippen LogP contribution is 2.23. The molecule has 2 aromatic rings. The van der Waals surface area contributed by atoms with E-state index in [-0.39, 0.29) is 0 Å². The second-order valence-corrected chi connectivity index (χ2v) is 7.23. The number of rotatable bonds is 4. The van der Waals surface area contributed by atoms with Crippen LogP contribution in [0.4, 0.5) is 0 Å². The molecule has 2 nitrogen and oxygen atoms in total. The predicted molar refractivity (Wildman–Crippen MR) is 93.6 cm³/mol. The van der Waals surface area contributed by atoms with Crippen LogP contribution in [0.15, 0.2) is 45.3 Å². The van der Waals surface area contributed by atoms with E-state index in [4.69, 9.17) is 4.42 Å². The van der Waals surface area contributed by atoms with Gasteiger partial charge in [0.1, 0.15) is 12.3 Å². The van der Waals surface area contributed by atoms with E-state index in [1.54, 1.807) is 0 Å². The van der Waals surface area contributed by atoms with Crippen LogP contribution < -0.4 is 5.32 Å². The summed E-state index contributed by atoms with van der Waals surface area (Å²) in [5, 5.41) is 2.48. The second kappa shape index (κ2) is 7.98. The maximum atomic E-state index is 6.01. The number of nitrogens with two attached hydrogens (primary N) is 1. The summed E-state index contributed by atoms with van der Waals surface area (Å²) in [5.74, 6) is 2.05. The van der Waals surface area contributed by atoms with E-state index in [2.05, 4.69) is 57.6 Å². The van der Waals surface area contributed by atoms with Gasteiger partial charge in [-0.25, -0.2) is 0 Å². The predicted octanol–water partition coefficient (Wildman–Crippen LogP) is 4.89. The number of benzene rings is 1. The number of halogens is 1. The minimum Gasteiger partial charge on any atom is -0.455 e. The monoisotopic (exact) mass is 362 g/mol. The van der Waals surface area contributed by atoms with Crippen molar-refractivity contribution in [2.24, 2.45) is 0 Å². The lowest BCUT2D eigenvalue weighted by atomic mass is 9.97. The molecule has 1 aliphatic carbocycles. The highest BCUT2D eigenvalue weighted by Gasteiger charge is 2.15. The first kappa shape index (κ1) is 15.8. The topological polar surface area (TPSA) is 29.8 Å². The zero-order chi connectivity index (χ0) is 15.2. The Morgan fingerprint density at radius 3 is 2.32 bits per heavy atom. The number of hydrogen-bond acceptors (Lipinski definition) is 1. The first-order valence-corrected chi connectivity index (χ1v) is 9.28. The van der Waals surface area contributed by atoms with Crippen LogP contribution in [0.2, 0.25) is 0 Å². The molecule has 1 fully saturated rings. The average Bonchev–Trinajstić information content (AvgIpc) is 2.96. The van der Waals surface area contributed by atoms with Gasteiger partial charge < -0.3 is 9.73 Å². The molecule has 0 radical (unpaired) electrons. The molecule has 0 aliphatic heterocycles. The normalized spacial score (nSPS) is 17.1. The Balaban J connectivity index is 1.56. The van der Waals surface area contributed by atoms with Gasteiger partial charge in [0, 0.05) is 10.0 Å². The van der Waals surface area contributed by atoms with Crippen LogP contribution in [0.5, 0.6) is 0 Å². The Morgan fingerprint density at radius 2 is 1.59 bits per heavy atom. The fourth-order valence-corrected chi connectivity index (χ4v) is 3.53. The van der Waals surface area contributed by atoms with E-state index < -0.39 is 0 Å². The third-order valence-corrected chi connectivity index (χ3v) is 5.12. The maximum Gasteiger partial charge on any atom is 0.158 e. The summed E-state index contributed by atoms with van der Waals surface area (Å²) < 4.78 is 7.11. The van der Waals surface area contributed by atoms with Gasteiger partial charge >= 0.3 is 0 Å². The molecule has 0 amide bonds. The van der Waals surface area contributed by atoms with Crippen molar-refractivity contribution in [3.63, 3.8) is 0 Å². The highest BCUT2D eigenvalue weighted by molar-refractivity contribution is 9.10. The second-order valence-electron chi connectivity index (χ2n) is 6.32. The summed E-state index contributed by atoms with van der Waals surface area (Å²) in [6.07, 6.45) is 9.77. The molecule has 0 saturated heterocycles. The molecule has 0 atom stereocenters. The largest absolute Gasteiger partial charge is 0.455 e. The van der Waals surface area contributed by atoms with Gasteiger partial charge in [0.25, 0.3) is 0 Å². The van der Waals surface area contributed by atoms with Crippen molar-refractivity contribution in [1.82, 2.24) is 0 Å².